The van der Waals surface area contributed by atoms with Crippen LogP contribution in [0.25, 0.3) is 0 Å². The zero-order valence-corrected chi connectivity index (χ0v) is 10.6. The van der Waals surface area contributed by atoms with E-state index in [1.165, 1.54) is 7.11 Å². The summed E-state index contributed by atoms with van der Waals surface area (Å²) in [5.41, 5.74) is 0. The minimum atomic E-state index is -0.355. The normalized spacial score (nSPS) is 14.4. The van der Waals surface area contributed by atoms with Gasteiger partial charge in [-0.25, -0.2) is 0 Å². The lowest BCUT2D eigenvalue weighted by Crippen LogP contribution is -2.41. The standard InChI is InChI=1S/C11H21NO4/c1-6-16-11(14)9(3)12(4)7-8(2)10(13)15-5/h8-9H,6-7H2,1-5H3. The number of rotatable bonds is 6. The van der Waals surface area contributed by atoms with E-state index in [-0.39, 0.29) is 23.9 Å². The zero-order chi connectivity index (χ0) is 12.7. The molecule has 0 fully saturated rings. The number of hydrogen-bond acceptors (Lipinski definition) is 5. The summed E-state index contributed by atoms with van der Waals surface area (Å²) in [6.45, 7) is 6.11. The van der Waals surface area contributed by atoms with Crippen LogP contribution in [0.3, 0.4) is 0 Å². The molecular weight excluding hydrogens is 210 g/mol. The third kappa shape index (κ3) is 4.61. The number of hydrogen-bond donors (Lipinski definition) is 0. The Morgan fingerprint density at radius 1 is 1.25 bits per heavy atom. The first-order chi connectivity index (χ1) is 7.43. The van der Waals surface area contributed by atoms with E-state index in [0.717, 1.165) is 0 Å². The van der Waals surface area contributed by atoms with Crippen molar-refractivity contribution in [3.8, 4) is 0 Å². The van der Waals surface area contributed by atoms with Crippen LogP contribution in [0.5, 0.6) is 0 Å². The third-order valence-electron chi connectivity index (χ3n) is 2.45. The molecule has 0 aliphatic rings. The first-order valence-corrected chi connectivity index (χ1v) is 5.38. The highest BCUT2D eigenvalue weighted by Crippen LogP contribution is 2.05. The van der Waals surface area contributed by atoms with Crippen molar-refractivity contribution in [2.75, 3.05) is 27.3 Å². The molecule has 16 heavy (non-hydrogen) atoms. The number of methoxy groups -OCH3 is 1. The second-order valence-corrected chi connectivity index (χ2v) is 3.79. The predicted octanol–water partition coefficient (Wildman–Crippen LogP) is 0.679. The molecule has 0 rings (SSSR count). The largest absolute Gasteiger partial charge is 0.469 e. The van der Waals surface area contributed by atoms with E-state index in [1.807, 2.05) is 0 Å². The molecule has 0 heterocycles. The maximum absolute atomic E-state index is 11.4. The molecule has 0 saturated heterocycles. The van der Waals surface area contributed by atoms with E-state index in [1.54, 1.807) is 32.7 Å². The number of esters is 2. The van der Waals surface area contributed by atoms with Crippen molar-refractivity contribution in [2.24, 2.45) is 5.92 Å². The molecule has 2 atom stereocenters. The molecule has 0 spiro atoms. The molecule has 0 N–H and O–H groups in total. The van der Waals surface area contributed by atoms with Gasteiger partial charge in [0, 0.05) is 6.54 Å². The molecule has 0 amide bonds. The van der Waals surface area contributed by atoms with E-state index >= 15 is 0 Å². The van der Waals surface area contributed by atoms with Gasteiger partial charge in [0.05, 0.1) is 19.6 Å². The molecule has 0 aliphatic heterocycles. The van der Waals surface area contributed by atoms with E-state index in [2.05, 4.69) is 4.74 Å². The molecule has 94 valence electrons. The second kappa shape index (κ2) is 7.22. The Balaban J connectivity index is 4.18. The molecule has 2 unspecified atom stereocenters. The molecule has 5 heteroatoms. The van der Waals surface area contributed by atoms with Gasteiger partial charge in [0.2, 0.25) is 0 Å². The Morgan fingerprint density at radius 3 is 2.25 bits per heavy atom. The summed E-state index contributed by atoms with van der Waals surface area (Å²) in [6.07, 6.45) is 0. The SMILES string of the molecule is CCOC(=O)C(C)N(C)CC(C)C(=O)OC. The number of nitrogens with zero attached hydrogens (tertiary/aromatic N) is 1. The number of carbonyl (C=O) groups excluding carboxylic acids is 2. The first-order valence-electron chi connectivity index (χ1n) is 5.38. The minimum Gasteiger partial charge on any atom is -0.469 e. The summed E-state index contributed by atoms with van der Waals surface area (Å²) in [4.78, 5) is 24.4. The van der Waals surface area contributed by atoms with Crippen LogP contribution in [-0.4, -0.2) is 50.2 Å². The lowest BCUT2D eigenvalue weighted by atomic mass is 10.1. The van der Waals surface area contributed by atoms with Crippen molar-refractivity contribution < 1.29 is 19.1 Å². The Morgan fingerprint density at radius 2 is 1.81 bits per heavy atom. The quantitative estimate of drug-likeness (QED) is 0.629. The number of likely N-dealkylation sites (N-methyl/N-ethyl adjacent to an activating group) is 1. The Kier molecular flexibility index (Phi) is 6.72. The van der Waals surface area contributed by atoms with Gasteiger partial charge in [-0.2, -0.15) is 0 Å². The summed E-state index contributed by atoms with van der Waals surface area (Å²) in [5, 5.41) is 0. The molecule has 0 bridgehead atoms. The highest BCUT2D eigenvalue weighted by molar-refractivity contribution is 5.75. The maximum Gasteiger partial charge on any atom is 0.323 e. The van der Waals surface area contributed by atoms with Crippen LogP contribution in [0.2, 0.25) is 0 Å². The van der Waals surface area contributed by atoms with Crippen LogP contribution in [0, 0.1) is 5.92 Å². The Bertz CT molecular complexity index is 242. The Hall–Kier alpha value is -1.10. The lowest BCUT2D eigenvalue weighted by Gasteiger charge is -2.24. The van der Waals surface area contributed by atoms with E-state index in [4.69, 9.17) is 4.74 Å². The van der Waals surface area contributed by atoms with E-state index in [0.29, 0.717) is 13.2 Å². The fourth-order valence-electron chi connectivity index (χ4n) is 1.31. The molecule has 5 nitrogen and oxygen atoms in total. The molecule has 0 aliphatic carbocycles. The van der Waals surface area contributed by atoms with Crippen molar-refractivity contribution in [3.05, 3.63) is 0 Å². The van der Waals surface area contributed by atoms with Crippen LogP contribution in [0.15, 0.2) is 0 Å². The van der Waals surface area contributed by atoms with Crippen LogP contribution in [0.1, 0.15) is 20.8 Å². The average molecular weight is 231 g/mol. The highest BCUT2D eigenvalue weighted by Gasteiger charge is 2.23. The van der Waals surface area contributed by atoms with Crippen LogP contribution in [0.4, 0.5) is 0 Å². The van der Waals surface area contributed by atoms with Crippen molar-refractivity contribution >= 4 is 11.9 Å². The minimum absolute atomic E-state index is 0.258. The lowest BCUT2D eigenvalue weighted by molar-refractivity contribution is -0.151. The molecule has 0 aromatic heterocycles. The average Bonchev–Trinajstić information content (AvgIpc) is 2.26. The van der Waals surface area contributed by atoms with Gasteiger partial charge in [0.15, 0.2) is 0 Å². The smallest absolute Gasteiger partial charge is 0.323 e. The second-order valence-electron chi connectivity index (χ2n) is 3.79. The van der Waals surface area contributed by atoms with Gasteiger partial charge in [-0.15, -0.1) is 0 Å². The highest BCUT2D eigenvalue weighted by atomic mass is 16.5. The summed E-state index contributed by atoms with van der Waals surface area (Å²) in [5.74, 6) is -0.808. The summed E-state index contributed by atoms with van der Waals surface area (Å²) in [6, 6.07) is -0.355. The summed E-state index contributed by atoms with van der Waals surface area (Å²) >= 11 is 0. The van der Waals surface area contributed by atoms with Gasteiger partial charge >= 0.3 is 11.9 Å². The van der Waals surface area contributed by atoms with Crippen molar-refractivity contribution in [1.29, 1.82) is 0 Å². The van der Waals surface area contributed by atoms with Crippen molar-refractivity contribution in [1.82, 2.24) is 4.90 Å². The topological polar surface area (TPSA) is 55.8 Å². The van der Waals surface area contributed by atoms with E-state index in [9.17, 15) is 9.59 Å². The number of carbonyl (C=O) groups is 2. The molecule has 0 aromatic rings. The van der Waals surface area contributed by atoms with Gasteiger partial charge in [0.25, 0.3) is 0 Å². The van der Waals surface area contributed by atoms with Gasteiger partial charge in [0.1, 0.15) is 6.04 Å². The summed E-state index contributed by atoms with van der Waals surface area (Å²) in [7, 11) is 3.13. The van der Waals surface area contributed by atoms with Gasteiger partial charge < -0.3 is 9.47 Å². The van der Waals surface area contributed by atoms with E-state index < -0.39 is 0 Å². The van der Waals surface area contributed by atoms with Gasteiger partial charge in [-0.05, 0) is 20.9 Å². The summed E-state index contributed by atoms with van der Waals surface area (Å²) < 4.78 is 9.52. The van der Waals surface area contributed by atoms with Gasteiger partial charge in [-0.3, -0.25) is 14.5 Å². The zero-order valence-electron chi connectivity index (χ0n) is 10.6. The third-order valence-corrected chi connectivity index (χ3v) is 2.45. The van der Waals surface area contributed by atoms with Crippen LogP contribution >= 0.6 is 0 Å². The van der Waals surface area contributed by atoms with Crippen molar-refractivity contribution in [2.45, 2.75) is 26.8 Å². The van der Waals surface area contributed by atoms with Crippen molar-refractivity contribution in [3.63, 3.8) is 0 Å². The first kappa shape index (κ1) is 14.9. The monoisotopic (exact) mass is 231 g/mol. The van der Waals surface area contributed by atoms with Gasteiger partial charge in [-0.1, -0.05) is 6.92 Å². The molecule has 0 aromatic carbocycles. The fourth-order valence-corrected chi connectivity index (χ4v) is 1.31. The predicted molar refractivity (Wildman–Crippen MR) is 59.9 cm³/mol. The Labute approximate surface area is 96.7 Å². The fraction of sp³-hybridized carbons (Fsp3) is 0.818. The molecule has 0 radical (unpaired) electrons. The molecule has 0 saturated carbocycles. The maximum atomic E-state index is 11.4. The van der Waals surface area contributed by atoms with Crippen LogP contribution < -0.4 is 0 Å². The molecular formula is C11H21NO4. The van der Waals surface area contributed by atoms with Crippen LogP contribution in [-0.2, 0) is 19.1 Å². The number of ether oxygens (including phenoxy) is 2.